The van der Waals surface area contributed by atoms with E-state index in [-0.39, 0.29) is 12.1 Å². The second-order valence-electron chi connectivity index (χ2n) is 4.43. The molecule has 1 aromatic carbocycles. The van der Waals surface area contributed by atoms with Crippen LogP contribution in [0.15, 0.2) is 33.6 Å². The van der Waals surface area contributed by atoms with Gasteiger partial charge in [-0.2, -0.15) is 0 Å². The van der Waals surface area contributed by atoms with Gasteiger partial charge >= 0.3 is 0 Å². The van der Waals surface area contributed by atoms with Crippen molar-refractivity contribution in [1.82, 2.24) is 0 Å². The average molecular weight is 302 g/mol. The molecule has 4 heteroatoms. The molecule has 0 bridgehead atoms. The van der Waals surface area contributed by atoms with E-state index in [0.29, 0.717) is 5.25 Å². The molecule has 3 N–H and O–H groups in total. The Hall–Kier alpha value is -0.0300. The molecule has 0 heterocycles. The number of hydrogen-bond donors (Lipinski definition) is 2. The molecule has 0 saturated heterocycles. The highest BCUT2D eigenvalue weighted by Gasteiger charge is 2.35. The van der Waals surface area contributed by atoms with E-state index in [2.05, 4.69) is 28.1 Å². The maximum Gasteiger partial charge on any atom is 0.0611 e. The monoisotopic (exact) mass is 301 g/mol. The van der Waals surface area contributed by atoms with Crippen molar-refractivity contribution < 1.29 is 5.11 Å². The SMILES string of the molecule is NC1(CO)CCC(Sc2ccccc2Br)C1. The second-order valence-corrected chi connectivity index (χ2v) is 6.63. The highest BCUT2D eigenvalue weighted by atomic mass is 79.9. The first kappa shape index (κ1) is 12.4. The van der Waals surface area contributed by atoms with Crippen molar-refractivity contribution >= 4 is 27.7 Å². The molecule has 88 valence electrons. The standard InChI is InChI=1S/C12H16BrNOS/c13-10-3-1-2-4-11(10)16-9-5-6-12(14,7-9)8-15/h1-4,9,15H,5-8,14H2. The van der Waals surface area contributed by atoms with Gasteiger partial charge in [-0.1, -0.05) is 12.1 Å². The van der Waals surface area contributed by atoms with Crippen molar-refractivity contribution in [2.24, 2.45) is 5.73 Å². The predicted octanol–water partition coefficient (Wildman–Crippen LogP) is 2.78. The van der Waals surface area contributed by atoms with E-state index in [1.165, 1.54) is 4.90 Å². The second kappa shape index (κ2) is 5.08. The Morgan fingerprint density at radius 1 is 1.50 bits per heavy atom. The summed E-state index contributed by atoms with van der Waals surface area (Å²) < 4.78 is 1.14. The summed E-state index contributed by atoms with van der Waals surface area (Å²) in [4.78, 5) is 1.26. The van der Waals surface area contributed by atoms with Crippen molar-refractivity contribution in [2.45, 2.75) is 34.9 Å². The molecule has 1 aliphatic rings. The third kappa shape index (κ3) is 2.80. The minimum Gasteiger partial charge on any atom is -0.394 e. The van der Waals surface area contributed by atoms with Gasteiger partial charge in [0, 0.05) is 20.2 Å². The molecular formula is C12H16BrNOS. The first-order chi connectivity index (χ1) is 7.63. The maximum atomic E-state index is 9.22. The number of benzene rings is 1. The van der Waals surface area contributed by atoms with Crippen LogP contribution in [-0.2, 0) is 0 Å². The van der Waals surface area contributed by atoms with E-state index in [1.54, 1.807) is 0 Å². The Morgan fingerprint density at radius 2 is 2.25 bits per heavy atom. The summed E-state index contributed by atoms with van der Waals surface area (Å²) in [5, 5.41) is 9.74. The van der Waals surface area contributed by atoms with Gasteiger partial charge in [0.1, 0.15) is 0 Å². The molecule has 0 aromatic heterocycles. The number of nitrogens with two attached hydrogens (primary N) is 1. The zero-order valence-electron chi connectivity index (χ0n) is 9.03. The lowest BCUT2D eigenvalue weighted by Gasteiger charge is -2.20. The summed E-state index contributed by atoms with van der Waals surface area (Å²) in [5.74, 6) is 0. The van der Waals surface area contributed by atoms with Gasteiger partial charge < -0.3 is 10.8 Å². The minimum absolute atomic E-state index is 0.0972. The highest BCUT2D eigenvalue weighted by Crippen LogP contribution is 2.40. The minimum atomic E-state index is -0.348. The van der Waals surface area contributed by atoms with Crippen molar-refractivity contribution in [1.29, 1.82) is 0 Å². The summed E-state index contributed by atoms with van der Waals surface area (Å²) in [6.07, 6.45) is 2.91. The molecule has 2 nitrogen and oxygen atoms in total. The molecule has 0 spiro atoms. The van der Waals surface area contributed by atoms with Crippen LogP contribution in [0.1, 0.15) is 19.3 Å². The molecular weight excluding hydrogens is 286 g/mol. The van der Waals surface area contributed by atoms with Gasteiger partial charge in [0.15, 0.2) is 0 Å². The van der Waals surface area contributed by atoms with Crippen molar-refractivity contribution in [3.63, 3.8) is 0 Å². The largest absolute Gasteiger partial charge is 0.394 e. The summed E-state index contributed by atoms with van der Waals surface area (Å²) >= 11 is 5.41. The molecule has 2 atom stereocenters. The molecule has 1 saturated carbocycles. The van der Waals surface area contributed by atoms with Crippen molar-refractivity contribution in [2.75, 3.05) is 6.61 Å². The van der Waals surface area contributed by atoms with Crippen LogP contribution in [-0.4, -0.2) is 22.5 Å². The summed E-state index contributed by atoms with van der Waals surface area (Å²) in [6.45, 7) is 0.0972. The van der Waals surface area contributed by atoms with Crippen molar-refractivity contribution in [3.8, 4) is 0 Å². The quantitative estimate of drug-likeness (QED) is 0.902. The summed E-state index contributed by atoms with van der Waals surface area (Å²) in [5.41, 5.74) is 5.72. The molecule has 0 radical (unpaired) electrons. The summed E-state index contributed by atoms with van der Waals surface area (Å²) in [6, 6.07) is 8.23. The number of halogens is 1. The Balaban J connectivity index is 2.00. The fourth-order valence-corrected chi connectivity index (χ4v) is 3.98. The predicted molar refractivity (Wildman–Crippen MR) is 71.6 cm³/mol. The van der Waals surface area contributed by atoms with Gasteiger partial charge in [-0.05, 0) is 47.3 Å². The number of rotatable bonds is 3. The van der Waals surface area contributed by atoms with Crippen LogP contribution in [0.25, 0.3) is 0 Å². The molecule has 2 rings (SSSR count). The van der Waals surface area contributed by atoms with E-state index < -0.39 is 0 Å². The van der Waals surface area contributed by atoms with Crippen LogP contribution in [0.3, 0.4) is 0 Å². The van der Waals surface area contributed by atoms with Crippen LogP contribution in [0.4, 0.5) is 0 Å². The van der Waals surface area contributed by atoms with Gasteiger partial charge in [-0.15, -0.1) is 11.8 Å². The third-order valence-corrected chi connectivity index (χ3v) is 5.34. The Morgan fingerprint density at radius 3 is 2.88 bits per heavy atom. The van der Waals surface area contributed by atoms with Gasteiger partial charge in [0.2, 0.25) is 0 Å². The van der Waals surface area contributed by atoms with Crippen LogP contribution in [0.2, 0.25) is 0 Å². The Kier molecular flexibility index (Phi) is 3.95. The van der Waals surface area contributed by atoms with Crippen LogP contribution >= 0.6 is 27.7 Å². The topological polar surface area (TPSA) is 46.2 Å². The number of thioether (sulfide) groups is 1. The average Bonchev–Trinajstić information content (AvgIpc) is 2.65. The fourth-order valence-electron chi connectivity index (χ4n) is 2.07. The Bertz CT molecular complexity index is 374. The molecule has 1 aliphatic carbocycles. The lowest BCUT2D eigenvalue weighted by atomic mass is 10.0. The van der Waals surface area contributed by atoms with E-state index in [9.17, 15) is 5.11 Å². The van der Waals surface area contributed by atoms with E-state index in [0.717, 1.165) is 23.7 Å². The number of hydrogen-bond acceptors (Lipinski definition) is 3. The lowest BCUT2D eigenvalue weighted by Crippen LogP contribution is -2.40. The molecule has 16 heavy (non-hydrogen) atoms. The fraction of sp³-hybridized carbons (Fsp3) is 0.500. The molecule has 2 unspecified atom stereocenters. The zero-order chi connectivity index (χ0) is 11.6. The first-order valence-corrected chi connectivity index (χ1v) is 7.11. The highest BCUT2D eigenvalue weighted by molar-refractivity contribution is 9.10. The third-order valence-electron chi connectivity index (χ3n) is 3.04. The normalized spacial score (nSPS) is 29.6. The van der Waals surface area contributed by atoms with Gasteiger partial charge in [0.05, 0.1) is 6.61 Å². The van der Waals surface area contributed by atoms with E-state index in [4.69, 9.17) is 5.73 Å². The number of aliphatic hydroxyl groups is 1. The molecule has 1 aromatic rings. The van der Waals surface area contributed by atoms with Crippen LogP contribution in [0, 0.1) is 0 Å². The van der Waals surface area contributed by atoms with Crippen LogP contribution in [0.5, 0.6) is 0 Å². The smallest absolute Gasteiger partial charge is 0.0611 e. The zero-order valence-corrected chi connectivity index (χ0v) is 11.4. The summed E-state index contributed by atoms with van der Waals surface area (Å²) in [7, 11) is 0. The molecule has 0 amide bonds. The maximum absolute atomic E-state index is 9.22. The van der Waals surface area contributed by atoms with Gasteiger partial charge in [0.25, 0.3) is 0 Å². The Labute approximate surface area is 109 Å². The van der Waals surface area contributed by atoms with Crippen molar-refractivity contribution in [3.05, 3.63) is 28.7 Å². The van der Waals surface area contributed by atoms with Gasteiger partial charge in [-0.3, -0.25) is 0 Å². The number of aliphatic hydroxyl groups excluding tert-OH is 1. The first-order valence-electron chi connectivity index (χ1n) is 5.44. The van der Waals surface area contributed by atoms with E-state index >= 15 is 0 Å². The molecule has 1 fully saturated rings. The lowest BCUT2D eigenvalue weighted by molar-refractivity contribution is 0.200. The van der Waals surface area contributed by atoms with Crippen LogP contribution < -0.4 is 5.73 Å². The van der Waals surface area contributed by atoms with Gasteiger partial charge in [-0.25, -0.2) is 0 Å². The van der Waals surface area contributed by atoms with E-state index in [1.807, 2.05) is 23.9 Å². The molecule has 0 aliphatic heterocycles.